The zero-order chi connectivity index (χ0) is 21.5. The quantitative estimate of drug-likeness (QED) is 0.708. The van der Waals surface area contributed by atoms with Crippen molar-refractivity contribution in [1.29, 1.82) is 0 Å². The Morgan fingerprint density at radius 2 is 1.97 bits per heavy atom. The molecule has 1 aromatic heterocycles. The summed E-state index contributed by atoms with van der Waals surface area (Å²) in [6.45, 7) is 11.9. The van der Waals surface area contributed by atoms with Crippen molar-refractivity contribution >= 4 is 11.5 Å². The molecule has 166 valence electrons. The average Bonchev–Trinajstić information content (AvgIpc) is 3.23. The van der Waals surface area contributed by atoms with Crippen molar-refractivity contribution in [2.24, 2.45) is 52.8 Å². The summed E-state index contributed by atoms with van der Waals surface area (Å²) in [7, 11) is 0. The van der Waals surface area contributed by atoms with Gasteiger partial charge in [-0.2, -0.15) is 5.10 Å². The lowest BCUT2D eigenvalue weighted by Crippen LogP contribution is -2.52. The van der Waals surface area contributed by atoms with Gasteiger partial charge in [0.05, 0.1) is 24.9 Å². The van der Waals surface area contributed by atoms with Crippen molar-refractivity contribution in [1.82, 2.24) is 9.78 Å². The summed E-state index contributed by atoms with van der Waals surface area (Å²) < 4.78 is 1.68. The molecule has 0 bridgehead atoms. The Morgan fingerprint density at radius 3 is 2.74 bits per heavy atom. The molecular formula is C26H35N3O2. The van der Waals surface area contributed by atoms with Gasteiger partial charge in [0.2, 0.25) is 5.69 Å². The number of hydrogen-bond donors (Lipinski definition) is 1. The van der Waals surface area contributed by atoms with Gasteiger partial charge in [-0.15, -0.1) is 0 Å². The second-order valence-electron chi connectivity index (χ2n) is 12.2. The predicted octanol–water partition coefficient (Wildman–Crippen LogP) is 4.88. The Kier molecular flexibility index (Phi) is 4.30. The molecular weight excluding hydrogens is 386 g/mol. The Labute approximate surface area is 185 Å². The van der Waals surface area contributed by atoms with Gasteiger partial charge in [-0.1, -0.05) is 6.92 Å². The van der Waals surface area contributed by atoms with Gasteiger partial charge in [0, 0.05) is 12.1 Å². The molecule has 0 radical (unpaired) electrons. The van der Waals surface area contributed by atoms with Gasteiger partial charge in [-0.05, 0) is 105 Å². The number of aliphatic hydroxyl groups is 1. The normalized spacial score (nSPS) is 49.9. The van der Waals surface area contributed by atoms with Crippen LogP contribution in [-0.2, 0) is 11.3 Å². The van der Waals surface area contributed by atoms with Gasteiger partial charge >= 0.3 is 0 Å². The smallest absolute Gasteiger partial charge is 0.224 e. The maximum atomic E-state index is 13.5. The molecule has 5 aliphatic carbocycles. The van der Waals surface area contributed by atoms with Crippen LogP contribution in [0.5, 0.6) is 0 Å². The van der Waals surface area contributed by atoms with E-state index in [0.717, 1.165) is 36.5 Å². The molecule has 0 aliphatic heterocycles. The molecule has 5 saturated carbocycles. The van der Waals surface area contributed by atoms with Crippen molar-refractivity contribution < 1.29 is 9.90 Å². The number of aromatic nitrogens is 2. The summed E-state index contributed by atoms with van der Waals surface area (Å²) in [6, 6.07) is 0. The van der Waals surface area contributed by atoms with Crippen LogP contribution in [0.3, 0.4) is 0 Å². The van der Waals surface area contributed by atoms with Gasteiger partial charge in [0.1, 0.15) is 0 Å². The molecule has 6 rings (SSSR count). The van der Waals surface area contributed by atoms with E-state index in [2.05, 4.69) is 16.9 Å². The first-order valence-electron chi connectivity index (χ1n) is 12.5. The van der Waals surface area contributed by atoms with Gasteiger partial charge in [-0.25, -0.2) is 4.85 Å². The zero-order valence-electron chi connectivity index (χ0n) is 18.8. The third kappa shape index (κ3) is 2.97. The minimum Gasteiger partial charge on any atom is -0.390 e. The topological polar surface area (TPSA) is 59.5 Å². The first-order valence-corrected chi connectivity index (χ1v) is 12.5. The summed E-state index contributed by atoms with van der Waals surface area (Å²) >= 11 is 0. The summed E-state index contributed by atoms with van der Waals surface area (Å²) in [6.07, 6.45) is 12.7. The van der Waals surface area contributed by atoms with E-state index in [0.29, 0.717) is 35.8 Å². The van der Waals surface area contributed by atoms with Crippen LogP contribution in [0, 0.1) is 59.3 Å². The Balaban J connectivity index is 1.22. The van der Waals surface area contributed by atoms with E-state index in [4.69, 9.17) is 6.57 Å². The van der Waals surface area contributed by atoms with Crippen molar-refractivity contribution in [3.63, 3.8) is 0 Å². The molecule has 10 atom stereocenters. The van der Waals surface area contributed by atoms with Crippen molar-refractivity contribution in [3.8, 4) is 0 Å². The summed E-state index contributed by atoms with van der Waals surface area (Å²) in [4.78, 5) is 16.9. The Hall–Kier alpha value is -1.67. The minimum atomic E-state index is -0.455. The molecule has 1 heterocycles. The lowest BCUT2D eigenvalue weighted by Gasteiger charge is -2.57. The second-order valence-corrected chi connectivity index (χ2v) is 12.2. The number of nitrogens with zero attached hydrogens (tertiary/aromatic N) is 3. The van der Waals surface area contributed by atoms with Crippen molar-refractivity contribution in [2.75, 3.05) is 0 Å². The predicted molar refractivity (Wildman–Crippen MR) is 117 cm³/mol. The number of ketones is 1. The van der Waals surface area contributed by atoms with Crippen molar-refractivity contribution in [3.05, 3.63) is 23.8 Å². The molecule has 0 saturated heterocycles. The fourth-order valence-corrected chi connectivity index (χ4v) is 9.41. The Bertz CT molecular complexity index is 945. The molecule has 5 fully saturated rings. The summed E-state index contributed by atoms with van der Waals surface area (Å²) in [5.74, 6) is 5.68. The van der Waals surface area contributed by atoms with Gasteiger partial charge in [-0.3, -0.25) is 9.48 Å². The first kappa shape index (κ1) is 20.0. The maximum Gasteiger partial charge on any atom is 0.224 e. The van der Waals surface area contributed by atoms with E-state index >= 15 is 0 Å². The van der Waals surface area contributed by atoms with Crippen LogP contribution >= 0.6 is 0 Å². The highest BCUT2D eigenvalue weighted by Gasteiger charge is 2.70. The number of carbonyl (C=O) groups is 1. The standard InChI is InChI=1S/C26H35N3O2/c1-25(31)8-6-17-15(11-25)4-5-19-18(17)7-9-26(2)23(19)20-10-21(20)24(26)22(30)14-29-13-16(27-3)12-28-29/h12-13,15,17-21,23-24,31H,4-11,14H2,1-2H3/t15-,17+,18-,19-,20-,21+,23-,24-,25-,26+/m1/s1. The van der Waals surface area contributed by atoms with Crippen LogP contribution < -0.4 is 0 Å². The van der Waals surface area contributed by atoms with E-state index in [9.17, 15) is 9.90 Å². The van der Waals surface area contributed by atoms with E-state index in [-0.39, 0.29) is 11.3 Å². The molecule has 0 spiro atoms. The van der Waals surface area contributed by atoms with Crippen LogP contribution in [0.4, 0.5) is 5.69 Å². The van der Waals surface area contributed by atoms with Gasteiger partial charge < -0.3 is 5.11 Å². The van der Waals surface area contributed by atoms with Crippen LogP contribution in [0.25, 0.3) is 4.85 Å². The third-order valence-corrected chi connectivity index (χ3v) is 10.4. The summed E-state index contributed by atoms with van der Waals surface area (Å²) in [5.41, 5.74) is 0.203. The number of carbonyl (C=O) groups excluding carboxylic acids is 1. The molecule has 1 N–H and O–H groups in total. The number of rotatable bonds is 3. The van der Waals surface area contributed by atoms with Crippen LogP contribution in [0.1, 0.15) is 65.2 Å². The molecule has 31 heavy (non-hydrogen) atoms. The molecule has 1 aromatic rings. The van der Waals surface area contributed by atoms with Crippen molar-refractivity contribution in [2.45, 2.75) is 77.4 Å². The van der Waals surface area contributed by atoms with E-state index in [1.807, 2.05) is 6.92 Å². The maximum absolute atomic E-state index is 13.5. The fraction of sp³-hybridized carbons (Fsp3) is 0.808. The first-order chi connectivity index (χ1) is 14.8. The third-order valence-electron chi connectivity index (χ3n) is 10.4. The lowest BCUT2D eigenvalue weighted by molar-refractivity contribution is -0.136. The van der Waals surface area contributed by atoms with E-state index in [1.165, 1.54) is 38.5 Å². The highest BCUT2D eigenvalue weighted by Crippen LogP contribution is 2.74. The number of Topliss-reactive ketones (excluding diaryl/α,β-unsaturated/α-hetero) is 1. The molecule has 0 unspecified atom stereocenters. The SMILES string of the molecule is [C-]#[N+]c1cnn(CC(=O)[C@H]2[C@H]3C[C@H]3[C@H]3[C@@H]4CC[C@@H]5C[C@](C)(O)CC[C@@H]5[C@H]4CC[C@@]32C)c1. The molecule has 5 nitrogen and oxygen atoms in total. The van der Waals surface area contributed by atoms with Gasteiger partial charge in [0.15, 0.2) is 5.78 Å². The Morgan fingerprint density at radius 1 is 1.16 bits per heavy atom. The monoisotopic (exact) mass is 421 g/mol. The zero-order valence-corrected chi connectivity index (χ0v) is 18.8. The highest BCUT2D eigenvalue weighted by molar-refractivity contribution is 5.83. The molecule has 0 aromatic carbocycles. The molecule has 0 amide bonds. The molecule has 5 heteroatoms. The van der Waals surface area contributed by atoms with Crippen LogP contribution in [0.15, 0.2) is 12.4 Å². The van der Waals surface area contributed by atoms with E-state index < -0.39 is 5.60 Å². The number of hydrogen-bond acceptors (Lipinski definition) is 3. The number of fused-ring (bicyclic) bond motifs is 7. The van der Waals surface area contributed by atoms with Gasteiger partial charge in [0.25, 0.3) is 0 Å². The largest absolute Gasteiger partial charge is 0.390 e. The van der Waals surface area contributed by atoms with Crippen LogP contribution in [-0.4, -0.2) is 26.3 Å². The van der Waals surface area contributed by atoms with E-state index in [1.54, 1.807) is 17.1 Å². The fourth-order valence-electron chi connectivity index (χ4n) is 9.41. The average molecular weight is 422 g/mol. The summed E-state index contributed by atoms with van der Waals surface area (Å²) in [5, 5.41) is 14.9. The molecule has 5 aliphatic rings. The highest BCUT2D eigenvalue weighted by atomic mass is 16.3. The second kappa shape index (κ2) is 6.67. The van der Waals surface area contributed by atoms with Crippen LogP contribution in [0.2, 0.25) is 0 Å². The lowest BCUT2D eigenvalue weighted by atomic mass is 9.48. The minimum absolute atomic E-state index is 0.147.